The normalized spacial score (nSPS) is 18.4. The summed E-state index contributed by atoms with van der Waals surface area (Å²) in [7, 11) is 4.21. The summed E-state index contributed by atoms with van der Waals surface area (Å²) >= 11 is 0. The predicted molar refractivity (Wildman–Crippen MR) is 69.5 cm³/mol. The van der Waals surface area contributed by atoms with E-state index in [1.807, 2.05) is 19.4 Å². The lowest BCUT2D eigenvalue weighted by Gasteiger charge is -2.42. The van der Waals surface area contributed by atoms with Crippen molar-refractivity contribution in [2.75, 3.05) is 20.1 Å². The number of aromatic nitrogens is 2. The first-order valence-electron chi connectivity index (χ1n) is 6.50. The van der Waals surface area contributed by atoms with Crippen LogP contribution in [0.25, 0.3) is 0 Å². The van der Waals surface area contributed by atoms with E-state index < -0.39 is 0 Å². The molecule has 4 heteroatoms. The molecule has 1 aromatic rings. The molecule has 2 N–H and O–H groups in total. The van der Waals surface area contributed by atoms with Gasteiger partial charge < -0.3 is 10.3 Å². The van der Waals surface area contributed by atoms with Crippen molar-refractivity contribution < 1.29 is 0 Å². The van der Waals surface area contributed by atoms with E-state index in [9.17, 15) is 0 Å². The Kier molecular flexibility index (Phi) is 3.84. The zero-order valence-electron chi connectivity index (χ0n) is 11.0. The van der Waals surface area contributed by atoms with Crippen LogP contribution in [0.4, 0.5) is 0 Å². The summed E-state index contributed by atoms with van der Waals surface area (Å²) in [6.07, 6.45) is 9.08. The second kappa shape index (κ2) is 5.19. The van der Waals surface area contributed by atoms with Crippen LogP contribution in [0.5, 0.6) is 0 Å². The van der Waals surface area contributed by atoms with Crippen molar-refractivity contribution in [3.05, 3.63) is 18.2 Å². The molecule has 0 unspecified atom stereocenters. The summed E-state index contributed by atoms with van der Waals surface area (Å²) < 4.78 is 2.08. The minimum absolute atomic E-state index is 0.454. The van der Waals surface area contributed by atoms with E-state index in [2.05, 4.69) is 21.5 Å². The van der Waals surface area contributed by atoms with Crippen LogP contribution in [0.1, 0.15) is 31.5 Å². The van der Waals surface area contributed by atoms with Gasteiger partial charge in [0.25, 0.3) is 0 Å². The maximum atomic E-state index is 5.88. The Morgan fingerprint density at radius 2 is 2.29 bits per heavy atom. The van der Waals surface area contributed by atoms with E-state index in [0.717, 1.165) is 25.5 Å². The first kappa shape index (κ1) is 12.6. The molecule has 0 bridgehead atoms. The highest BCUT2D eigenvalue weighted by molar-refractivity contribution is 4.92. The van der Waals surface area contributed by atoms with Crippen LogP contribution in [0.2, 0.25) is 0 Å². The molecule has 17 heavy (non-hydrogen) atoms. The van der Waals surface area contributed by atoms with Gasteiger partial charge in [-0.3, -0.25) is 4.90 Å². The topological polar surface area (TPSA) is 47.1 Å². The van der Waals surface area contributed by atoms with Crippen molar-refractivity contribution in [2.45, 2.75) is 32.2 Å². The molecule has 1 aliphatic carbocycles. The average molecular weight is 236 g/mol. The Labute approximate surface area is 104 Å². The molecular formula is C13H24N4. The van der Waals surface area contributed by atoms with E-state index in [0.29, 0.717) is 5.41 Å². The Morgan fingerprint density at radius 3 is 2.76 bits per heavy atom. The lowest BCUT2D eigenvalue weighted by Crippen LogP contribution is -2.40. The van der Waals surface area contributed by atoms with Crippen molar-refractivity contribution in [2.24, 2.45) is 18.2 Å². The predicted octanol–water partition coefficient (Wildman–Crippen LogP) is 1.37. The van der Waals surface area contributed by atoms with Crippen LogP contribution in [-0.2, 0) is 13.6 Å². The Hall–Kier alpha value is -0.870. The van der Waals surface area contributed by atoms with Crippen molar-refractivity contribution in [1.82, 2.24) is 14.5 Å². The van der Waals surface area contributed by atoms with Gasteiger partial charge in [-0.1, -0.05) is 6.42 Å². The Morgan fingerprint density at radius 1 is 1.53 bits per heavy atom. The largest absolute Gasteiger partial charge is 0.337 e. The third-order valence-corrected chi connectivity index (χ3v) is 4.20. The van der Waals surface area contributed by atoms with Crippen LogP contribution in [-0.4, -0.2) is 34.6 Å². The number of nitrogens with zero attached hydrogens (tertiary/aromatic N) is 3. The molecule has 0 saturated heterocycles. The molecule has 1 aliphatic rings. The smallest absolute Gasteiger partial charge is 0.122 e. The van der Waals surface area contributed by atoms with Crippen molar-refractivity contribution in [3.63, 3.8) is 0 Å². The van der Waals surface area contributed by atoms with Crippen molar-refractivity contribution >= 4 is 0 Å². The molecule has 1 heterocycles. The molecule has 1 aromatic heterocycles. The van der Waals surface area contributed by atoms with Gasteiger partial charge in [-0.05, 0) is 44.8 Å². The second-order valence-electron chi connectivity index (χ2n) is 5.50. The standard InChI is InChI=1S/C13H24N4/c1-16(10-12-15-7-9-17(12)2)8-6-13(11-14)4-3-5-13/h7,9H,3-6,8,10-11,14H2,1-2H3. The molecule has 2 rings (SSSR count). The van der Waals surface area contributed by atoms with Crippen molar-refractivity contribution in [1.29, 1.82) is 0 Å². The SMILES string of the molecule is CN(CCC1(CN)CCC1)Cc1nccn1C. The Balaban J connectivity index is 1.78. The fourth-order valence-corrected chi connectivity index (χ4v) is 2.53. The minimum Gasteiger partial charge on any atom is -0.337 e. The highest BCUT2D eigenvalue weighted by atomic mass is 15.1. The van der Waals surface area contributed by atoms with Gasteiger partial charge in [-0.2, -0.15) is 0 Å². The summed E-state index contributed by atoms with van der Waals surface area (Å²) in [5, 5.41) is 0. The molecule has 1 saturated carbocycles. The number of rotatable bonds is 6. The zero-order chi connectivity index (χ0) is 12.3. The minimum atomic E-state index is 0.454. The molecule has 96 valence electrons. The van der Waals surface area contributed by atoms with Crippen LogP contribution >= 0.6 is 0 Å². The highest BCUT2D eigenvalue weighted by Gasteiger charge is 2.35. The molecule has 0 amide bonds. The summed E-state index contributed by atoms with van der Waals surface area (Å²) in [6.45, 7) is 2.89. The first-order valence-corrected chi connectivity index (χ1v) is 6.50. The number of nitrogens with two attached hydrogens (primary N) is 1. The van der Waals surface area contributed by atoms with Gasteiger partial charge in [0.2, 0.25) is 0 Å². The molecule has 0 atom stereocenters. The van der Waals surface area contributed by atoms with Crippen LogP contribution < -0.4 is 5.73 Å². The number of hydrogen-bond acceptors (Lipinski definition) is 3. The third-order valence-electron chi connectivity index (χ3n) is 4.20. The van der Waals surface area contributed by atoms with Gasteiger partial charge in [-0.15, -0.1) is 0 Å². The summed E-state index contributed by atoms with van der Waals surface area (Å²) in [5.41, 5.74) is 6.33. The maximum Gasteiger partial charge on any atom is 0.122 e. The van der Waals surface area contributed by atoms with Gasteiger partial charge in [-0.25, -0.2) is 4.98 Å². The van der Waals surface area contributed by atoms with Crippen molar-refractivity contribution in [3.8, 4) is 0 Å². The third kappa shape index (κ3) is 2.87. The van der Waals surface area contributed by atoms with E-state index in [4.69, 9.17) is 5.73 Å². The summed E-state index contributed by atoms with van der Waals surface area (Å²) in [6, 6.07) is 0. The quantitative estimate of drug-likeness (QED) is 0.811. The fourth-order valence-electron chi connectivity index (χ4n) is 2.53. The molecular weight excluding hydrogens is 212 g/mol. The molecule has 0 radical (unpaired) electrons. The average Bonchev–Trinajstić information content (AvgIpc) is 2.64. The molecule has 0 aliphatic heterocycles. The van der Waals surface area contributed by atoms with Gasteiger partial charge in [0.15, 0.2) is 0 Å². The van der Waals surface area contributed by atoms with Gasteiger partial charge >= 0.3 is 0 Å². The lowest BCUT2D eigenvalue weighted by molar-refractivity contribution is 0.110. The number of hydrogen-bond donors (Lipinski definition) is 1. The highest BCUT2D eigenvalue weighted by Crippen LogP contribution is 2.42. The second-order valence-corrected chi connectivity index (χ2v) is 5.50. The fraction of sp³-hybridized carbons (Fsp3) is 0.769. The number of aryl methyl sites for hydroxylation is 1. The van der Waals surface area contributed by atoms with Crippen LogP contribution in [0.15, 0.2) is 12.4 Å². The first-order chi connectivity index (χ1) is 8.15. The lowest BCUT2D eigenvalue weighted by atomic mass is 9.67. The monoisotopic (exact) mass is 236 g/mol. The van der Waals surface area contributed by atoms with Gasteiger partial charge in [0.1, 0.15) is 5.82 Å². The van der Waals surface area contributed by atoms with E-state index >= 15 is 0 Å². The van der Waals surface area contributed by atoms with Crippen LogP contribution in [0.3, 0.4) is 0 Å². The number of imidazole rings is 1. The Bertz CT molecular complexity index is 349. The summed E-state index contributed by atoms with van der Waals surface area (Å²) in [5.74, 6) is 1.13. The van der Waals surface area contributed by atoms with E-state index in [-0.39, 0.29) is 0 Å². The van der Waals surface area contributed by atoms with E-state index in [1.165, 1.54) is 25.7 Å². The van der Waals surface area contributed by atoms with Gasteiger partial charge in [0.05, 0.1) is 6.54 Å². The van der Waals surface area contributed by atoms with Gasteiger partial charge in [0, 0.05) is 19.4 Å². The molecule has 0 spiro atoms. The van der Waals surface area contributed by atoms with Crippen LogP contribution in [0, 0.1) is 5.41 Å². The molecule has 1 fully saturated rings. The van der Waals surface area contributed by atoms with E-state index in [1.54, 1.807) is 0 Å². The molecule has 0 aromatic carbocycles. The molecule has 4 nitrogen and oxygen atoms in total. The maximum absolute atomic E-state index is 5.88. The summed E-state index contributed by atoms with van der Waals surface area (Å²) in [4.78, 5) is 6.70. The zero-order valence-corrected chi connectivity index (χ0v) is 11.0.